The molecule has 0 fully saturated rings. The van der Waals surface area contributed by atoms with E-state index in [-0.39, 0.29) is 18.4 Å². The van der Waals surface area contributed by atoms with Crippen molar-refractivity contribution in [1.82, 2.24) is 4.90 Å². The highest BCUT2D eigenvalue weighted by Gasteiger charge is 2.39. The second-order valence-corrected chi connectivity index (χ2v) is 7.97. The Balaban J connectivity index is 1.66. The number of hydrogen-bond acceptors (Lipinski definition) is 5. The molecule has 1 aromatic heterocycles. The van der Waals surface area contributed by atoms with Crippen LogP contribution in [0.3, 0.4) is 0 Å². The van der Waals surface area contributed by atoms with Crippen LogP contribution in [0.15, 0.2) is 76.2 Å². The van der Waals surface area contributed by atoms with Crippen molar-refractivity contribution in [3.05, 3.63) is 94.3 Å². The molecule has 0 saturated carbocycles. The third-order valence-corrected chi connectivity index (χ3v) is 6.00. The minimum atomic E-state index is -0.285. The molecule has 0 atom stereocenters. The van der Waals surface area contributed by atoms with Gasteiger partial charge >= 0.3 is 0 Å². The number of nitrogens with zero attached hydrogens (tertiary/aromatic N) is 1. The fourth-order valence-corrected chi connectivity index (χ4v) is 4.29. The first-order valence-corrected chi connectivity index (χ1v) is 10.5. The van der Waals surface area contributed by atoms with Crippen molar-refractivity contribution in [1.29, 1.82) is 0 Å². The Morgan fingerprint density at radius 3 is 2.33 bits per heavy atom. The lowest BCUT2D eigenvalue weighted by Crippen LogP contribution is -2.30. The second kappa shape index (κ2) is 8.63. The molecule has 5 nitrogen and oxygen atoms in total. The van der Waals surface area contributed by atoms with Gasteiger partial charge in [0.05, 0.1) is 36.1 Å². The summed E-state index contributed by atoms with van der Waals surface area (Å²) >= 11 is 1.33. The maximum absolute atomic E-state index is 13.3. The molecule has 0 radical (unpaired) electrons. The summed E-state index contributed by atoms with van der Waals surface area (Å²) in [7, 11) is 1.59. The molecule has 0 saturated heterocycles. The second-order valence-electron chi connectivity index (χ2n) is 6.98. The summed E-state index contributed by atoms with van der Waals surface area (Å²) in [5.74, 6) is 1.35. The Morgan fingerprint density at radius 2 is 1.70 bits per heavy atom. The van der Waals surface area contributed by atoms with Crippen molar-refractivity contribution < 1.29 is 18.7 Å². The number of ether oxygens (including phenoxy) is 1. The number of methoxy groups -OCH3 is 1. The molecule has 0 unspecified atom stereocenters. The number of furan rings is 1. The van der Waals surface area contributed by atoms with E-state index >= 15 is 0 Å². The number of imide groups is 1. The molecule has 2 aromatic carbocycles. The van der Waals surface area contributed by atoms with Crippen molar-refractivity contribution in [3.8, 4) is 5.75 Å². The van der Waals surface area contributed by atoms with Crippen molar-refractivity contribution in [3.63, 3.8) is 0 Å². The molecular formula is C24H21NO4S. The fourth-order valence-electron chi connectivity index (χ4n) is 3.26. The molecule has 30 heavy (non-hydrogen) atoms. The van der Waals surface area contributed by atoms with Gasteiger partial charge in [0, 0.05) is 0 Å². The van der Waals surface area contributed by atoms with E-state index in [1.165, 1.54) is 16.7 Å². The molecular weight excluding hydrogens is 398 g/mol. The largest absolute Gasteiger partial charge is 0.497 e. The van der Waals surface area contributed by atoms with Crippen LogP contribution in [-0.4, -0.2) is 23.8 Å². The predicted octanol–water partition coefficient (Wildman–Crippen LogP) is 4.81. The molecule has 2 amide bonds. The van der Waals surface area contributed by atoms with Crippen LogP contribution in [0, 0.1) is 6.92 Å². The summed E-state index contributed by atoms with van der Waals surface area (Å²) in [6, 6.07) is 18.7. The smallest absolute Gasteiger partial charge is 0.268 e. The molecule has 1 aliphatic heterocycles. The minimum Gasteiger partial charge on any atom is -0.497 e. The van der Waals surface area contributed by atoms with Crippen molar-refractivity contribution in [2.75, 3.05) is 7.11 Å². The summed E-state index contributed by atoms with van der Waals surface area (Å²) in [6.07, 6.45) is 1.60. The first-order valence-electron chi connectivity index (χ1n) is 9.52. The van der Waals surface area contributed by atoms with Gasteiger partial charge in [-0.1, -0.05) is 42.0 Å². The van der Waals surface area contributed by atoms with Crippen LogP contribution in [0.1, 0.15) is 22.5 Å². The van der Waals surface area contributed by atoms with Crippen LogP contribution in [0.4, 0.5) is 0 Å². The summed E-state index contributed by atoms with van der Waals surface area (Å²) in [4.78, 5) is 28.3. The van der Waals surface area contributed by atoms with Crippen LogP contribution < -0.4 is 4.74 Å². The van der Waals surface area contributed by atoms with Gasteiger partial charge in [-0.15, -0.1) is 11.8 Å². The summed E-state index contributed by atoms with van der Waals surface area (Å²) < 4.78 is 10.6. The summed E-state index contributed by atoms with van der Waals surface area (Å²) in [6.45, 7) is 2.24. The standard InChI is InChI=1S/C24H21NO4S/c1-16-5-7-17(8-6-16)14-25-23(26)21(18-9-11-19(28-2)12-10-18)22(24(25)27)30-15-20-4-3-13-29-20/h3-13H,14-15H2,1-2H3. The highest BCUT2D eigenvalue weighted by atomic mass is 32.2. The predicted molar refractivity (Wildman–Crippen MR) is 117 cm³/mol. The van der Waals surface area contributed by atoms with Crippen LogP contribution in [0.2, 0.25) is 0 Å². The van der Waals surface area contributed by atoms with Crippen LogP contribution >= 0.6 is 11.8 Å². The average Bonchev–Trinajstić information content (AvgIpc) is 3.36. The number of aryl methyl sites for hydroxylation is 1. The number of thioether (sulfide) groups is 1. The van der Waals surface area contributed by atoms with E-state index in [9.17, 15) is 9.59 Å². The normalized spacial score (nSPS) is 14.0. The van der Waals surface area contributed by atoms with E-state index in [4.69, 9.17) is 9.15 Å². The zero-order chi connectivity index (χ0) is 21.1. The van der Waals surface area contributed by atoms with Crippen LogP contribution in [-0.2, 0) is 21.9 Å². The maximum Gasteiger partial charge on any atom is 0.268 e. The first kappa shape index (κ1) is 20.0. The van der Waals surface area contributed by atoms with Gasteiger partial charge in [0.2, 0.25) is 0 Å². The Bertz CT molecular complexity index is 1080. The number of carbonyl (C=O) groups excluding carboxylic acids is 2. The van der Waals surface area contributed by atoms with Crippen molar-refractivity contribution in [2.24, 2.45) is 0 Å². The monoisotopic (exact) mass is 419 g/mol. The molecule has 0 N–H and O–H groups in total. The Morgan fingerprint density at radius 1 is 0.967 bits per heavy atom. The Labute approximate surface area is 179 Å². The Hall–Kier alpha value is -3.25. The van der Waals surface area contributed by atoms with Gasteiger partial charge < -0.3 is 9.15 Å². The van der Waals surface area contributed by atoms with Gasteiger partial charge in [-0.25, -0.2) is 0 Å². The summed E-state index contributed by atoms with van der Waals surface area (Å²) in [5, 5.41) is 0. The molecule has 2 heterocycles. The molecule has 1 aliphatic rings. The number of hydrogen-bond donors (Lipinski definition) is 0. The van der Waals surface area contributed by atoms with E-state index in [0.717, 1.165) is 16.9 Å². The van der Waals surface area contributed by atoms with E-state index in [1.807, 2.05) is 49.4 Å². The molecule has 3 aromatic rings. The van der Waals surface area contributed by atoms with Crippen LogP contribution in [0.5, 0.6) is 5.75 Å². The van der Waals surface area contributed by atoms with E-state index in [2.05, 4.69) is 0 Å². The van der Waals surface area contributed by atoms with Crippen LogP contribution in [0.25, 0.3) is 5.57 Å². The fraction of sp³-hybridized carbons (Fsp3) is 0.167. The zero-order valence-corrected chi connectivity index (χ0v) is 17.6. The van der Waals surface area contributed by atoms with Crippen molar-refractivity contribution >= 4 is 29.1 Å². The molecule has 0 spiro atoms. The van der Waals surface area contributed by atoms with Gasteiger partial charge in [-0.05, 0) is 42.3 Å². The molecule has 0 aliphatic carbocycles. The zero-order valence-electron chi connectivity index (χ0n) is 16.8. The van der Waals surface area contributed by atoms with E-state index in [1.54, 1.807) is 31.6 Å². The van der Waals surface area contributed by atoms with Gasteiger partial charge in [0.25, 0.3) is 11.8 Å². The average molecular weight is 420 g/mol. The van der Waals surface area contributed by atoms with E-state index < -0.39 is 0 Å². The molecule has 4 rings (SSSR count). The lowest BCUT2D eigenvalue weighted by molar-refractivity contribution is -0.137. The molecule has 6 heteroatoms. The number of benzene rings is 2. The van der Waals surface area contributed by atoms with Gasteiger partial charge in [0.15, 0.2) is 0 Å². The number of amides is 2. The van der Waals surface area contributed by atoms with Crippen molar-refractivity contribution in [2.45, 2.75) is 19.2 Å². The number of carbonyl (C=O) groups is 2. The minimum absolute atomic E-state index is 0.239. The number of rotatable bonds is 7. The molecule has 152 valence electrons. The highest BCUT2D eigenvalue weighted by Crippen LogP contribution is 2.38. The highest BCUT2D eigenvalue weighted by molar-refractivity contribution is 8.03. The SMILES string of the molecule is COc1ccc(C2=C(SCc3ccco3)C(=O)N(Cc3ccc(C)cc3)C2=O)cc1. The quantitative estimate of drug-likeness (QED) is 0.515. The van der Waals surface area contributed by atoms with Gasteiger partial charge in [0.1, 0.15) is 11.5 Å². The lowest BCUT2D eigenvalue weighted by atomic mass is 10.1. The summed E-state index contributed by atoms with van der Waals surface area (Å²) in [5.41, 5.74) is 3.16. The topological polar surface area (TPSA) is 59.8 Å². The maximum atomic E-state index is 13.3. The third-order valence-electron chi connectivity index (χ3n) is 4.90. The third kappa shape index (κ3) is 4.04. The van der Waals surface area contributed by atoms with Gasteiger partial charge in [-0.2, -0.15) is 0 Å². The van der Waals surface area contributed by atoms with E-state index in [0.29, 0.717) is 27.5 Å². The molecule has 0 bridgehead atoms. The lowest BCUT2D eigenvalue weighted by Gasteiger charge is -2.15. The first-order chi connectivity index (χ1) is 14.6. The Kier molecular flexibility index (Phi) is 5.77. The van der Waals surface area contributed by atoms with Gasteiger partial charge in [-0.3, -0.25) is 14.5 Å².